The third-order valence-electron chi connectivity index (χ3n) is 4.93. The van der Waals surface area contributed by atoms with Crippen molar-refractivity contribution in [3.05, 3.63) is 24.1 Å². The van der Waals surface area contributed by atoms with Gasteiger partial charge in [0.05, 0.1) is 9.81 Å². The van der Waals surface area contributed by atoms with E-state index in [0.717, 1.165) is 10.8 Å². The Morgan fingerprint density at radius 3 is 2.58 bits per heavy atom. The molecule has 1 saturated heterocycles. The minimum Gasteiger partial charge on any atom is -0.463 e. The molecule has 33 heavy (non-hydrogen) atoms. The van der Waals surface area contributed by atoms with Gasteiger partial charge in [-0.05, 0) is 12.1 Å². The van der Waals surface area contributed by atoms with Crippen molar-refractivity contribution in [1.82, 2.24) is 14.6 Å². The second-order valence-corrected chi connectivity index (χ2v) is 6.98. The molecule has 1 aliphatic rings. The van der Waals surface area contributed by atoms with E-state index in [0.29, 0.717) is 0 Å². The summed E-state index contributed by atoms with van der Waals surface area (Å²) >= 11 is 0. The molecule has 2 N–H and O–H groups in total. The summed E-state index contributed by atoms with van der Waals surface area (Å²) < 4.78 is 47.9. The number of nitrogens with two attached hydrogens (primary N) is 1. The summed E-state index contributed by atoms with van der Waals surface area (Å²) in [4.78, 5) is 40.5. The molecule has 0 saturated carbocycles. The Morgan fingerprint density at radius 2 is 1.94 bits per heavy atom. The largest absolute Gasteiger partial charge is 0.463 e. The van der Waals surface area contributed by atoms with E-state index in [1.807, 2.05) is 6.07 Å². The van der Waals surface area contributed by atoms with E-state index in [1.54, 1.807) is 0 Å². The molecule has 0 aromatic carbocycles. The van der Waals surface area contributed by atoms with Crippen LogP contribution in [0.25, 0.3) is 5.52 Å². The fourth-order valence-corrected chi connectivity index (χ4v) is 3.25. The Bertz CT molecular complexity index is 1230. The average Bonchev–Trinajstić information content (AvgIpc) is 3.35. The lowest BCUT2D eigenvalue weighted by atomic mass is 9.92. The van der Waals surface area contributed by atoms with Gasteiger partial charge in [0, 0.05) is 19.3 Å². The van der Waals surface area contributed by atoms with E-state index in [-0.39, 0.29) is 42.3 Å². The Morgan fingerprint density at radius 1 is 1.27 bits per heavy atom. The van der Waals surface area contributed by atoms with Crippen molar-refractivity contribution in [1.29, 1.82) is 5.26 Å². The number of carbonyl (C=O) groups is 3. The summed E-state index contributed by atoms with van der Waals surface area (Å²) in [7, 11) is 0. The van der Waals surface area contributed by atoms with Crippen LogP contribution in [0.5, 0.6) is 0 Å². The smallest absolute Gasteiger partial charge is 0.306 e. The number of nitrogens with zero attached hydrogens (tertiary/aromatic N) is 4. The summed E-state index contributed by atoms with van der Waals surface area (Å²) in [6.07, 6.45) is -4.74. The summed E-state index contributed by atoms with van der Waals surface area (Å²) in [5.41, 5.74) is 3.37. The van der Waals surface area contributed by atoms with Crippen LogP contribution in [0.4, 0.5) is 5.82 Å². The van der Waals surface area contributed by atoms with Gasteiger partial charge in [-0.25, -0.2) is 9.50 Å². The molecule has 0 bridgehead atoms. The number of fused-ring (bicyclic) bond motifs is 1. The number of hydrogen-bond donors (Lipinski definition) is 1. The Balaban J connectivity index is 2.29. The third kappa shape index (κ3) is 4.45. The first-order chi connectivity index (χ1) is 16.9. The van der Waals surface area contributed by atoms with Gasteiger partial charge < -0.3 is 24.7 Å². The highest BCUT2D eigenvalue weighted by Crippen LogP contribution is 2.43. The lowest BCUT2D eigenvalue weighted by molar-refractivity contribution is -0.169. The van der Waals surface area contributed by atoms with Gasteiger partial charge in [-0.3, -0.25) is 14.4 Å². The second-order valence-electron chi connectivity index (χ2n) is 6.98. The van der Waals surface area contributed by atoms with Crippen LogP contribution in [0.15, 0.2) is 18.4 Å². The van der Waals surface area contributed by atoms with E-state index in [9.17, 15) is 19.6 Å². The Hall–Kier alpha value is -3.72. The molecule has 0 spiro atoms. The van der Waals surface area contributed by atoms with Crippen LogP contribution in [-0.4, -0.2) is 57.4 Å². The van der Waals surface area contributed by atoms with Gasteiger partial charge in [0.25, 0.3) is 0 Å². The topological polar surface area (TPSA) is 168 Å². The summed E-state index contributed by atoms with van der Waals surface area (Å²) in [6, 6.07) is 2.86. The normalized spacial score (nSPS) is 26.0. The standard InChI is InChI=1S/C21H25N5O7/c1-4-15(27)30-9-13-18(31-16(28)5-2)19(32-17(29)6-3)21(10-22,33-13)14-8-7-12-20(23)24-11-25-26(12)14/h7-8,11,13,18-19H,4-6,9H2,1-3H3,(H2,23,24,25)/t13-,18-,19-,21+/m1/s1/i7D,9D2. The van der Waals surface area contributed by atoms with Crippen molar-refractivity contribution >= 4 is 29.2 Å². The fraction of sp³-hybridized carbons (Fsp3) is 0.524. The minimum absolute atomic E-state index is 0.0114. The molecule has 0 aliphatic carbocycles. The molecule has 1 aliphatic heterocycles. The van der Waals surface area contributed by atoms with Gasteiger partial charge in [0.15, 0.2) is 18.0 Å². The molecule has 2 aromatic heterocycles. The number of ether oxygens (including phenoxy) is 4. The zero-order chi connectivity index (χ0) is 26.8. The molecule has 0 radical (unpaired) electrons. The quantitative estimate of drug-likeness (QED) is 0.439. The third-order valence-corrected chi connectivity index (χ3v) is 4.93. The van der Waals surface area contributed by atoms with Crippen LogP contribution in [0.2, 0.25) is 0 Å². The fourth-order valence-electron chi connectivity index (χ4n) is 3.25. The van der Waals surface area contributed by atoms with Gasteiger partial charge >= 0.3 is 17.9 Å². The van der Waals surface area contributed by atoms with Gasteiger partial charge in [-0.1, -0.05) is 20.8 Å². The van der Waals surface area contributed by atoms with Crippen molar-refractivity contribution < 1.29 is 37.4 Å². The van der Waals surface area contributed by atoms with Gasteiger partial charge in [-0.15, -0.1) is 0 Å². The lowest BCUT2D eigenvalue weighted by Gasteiger charge is -2.28. The first kappa shape index (κ1) is 19.9. The monoisotopic (exact) mass is 462 g/mol. The molecular weight excluding hydrogens is 434 g/mol. The number of carbonyl (C=O) groups excluding carboxylic acids is 3. The maximum absolute atomic E-state index is 12.4. The van der Waals surface area contributed by atoms with Crippen molar-refractivity contribution in [3.63, 3.8) is 0 Å². The number of esters is 3. The van der Waals surface area contributed by atoms with E-state index in [1.165, 1.54) is 26.8 Å². The van der Waals surface area contributed by atoms with Crippen LogP contribution in [0, 0.1) is 11.3 Å². The lowest BCUT2D eigenvalue weighted by Crippen LogP contribution is -2.46. The highest BCUT2D eigenvalue weighted by Gasteiger charge is 2.62. The van der Waals surface area contributed by atoms with Crippen molar-refractivity contribution in [2.75, 3.05) is 12.3 Å². The first-order valence-electron chi connectivity index (χ1n) is 11.7. The minimum atomic E-state index is -2.92. The highest BCUT2D eigenvalue weighted by atomic mass is 16.7. The van der Waals surface area contributed by atoms with Gasteiger partial charge in [0.2, 0.25) is 5.60 Å². The highest BCUT2D eigenvalue weighted by molar-refractivity contribution is 5.71. The second kappa shape index (κ2) is 9.83. The van der Waals surface area contributed by atoms with Crippen LogP contribution in [0.1, 0.15) is 49.8 Å². The van der Waals surface area contributed by atoms with E-state index < -0.39 is 48.4 Å². The van der Waals surface area contributed by atoms with E-state index in [2.05, 4.69) is 10.1 Å². The molecule has 12 heteroatoms. The van der Waals surface area contributed by atoms with Crippen LogP contribution in [0.3, 0.4) is 0 Å². The summed E-state index contributed by atoms with van der Waals surface area (Å²) in [5, 5.41) is 14.4. The molecular formula is C21H25N5O7. The number of nitriles is 1. The zero-order valence-corrected chi connectivity index (χ0v) is 18.2. The number of nitrogen functional groups attached to an aromatic ring is 1. The molecule has 12 nitrogen and oxygen atoms in total. The zero-order valence-electron chi connectivity index (χ0n) is 21.2. The van der Waals surface area contributed by atoms with E-state index >= 15 is 0 Å². The Kier molecular flexibility index (Phi) is 5.93. The van der Waals surface area contributed by atoms with Crippen LogP contribution in [-0.2, 0) is 38.9 Å². The summed E-state index contributed by atoms with van der Waals surface area (Å²) in [5.74, 6) is -2.64. The number of aromatic nitrogens is 3. The number of hydrogen-bond acceptors (Lipinski definition) is 11. The molecule has 4 atom stereocenters. The van der Waals surface area contributed by atoms with E-state index in [4.69, 9.17) is 28.8 Å². The molecule has 176 valence electrons. The molecule has 0 amide bonds. The van der Waals surface area contributed by atoms with Gasteiger partial charge in [0.1, 0.15) is 30.6 Å². The predicted octanol–water partition coefficient (Wildman–Crippen LogP) is 1.03. The predicted molar refractivity (Wildman–Crippen MR) is 111 cm³/mol. The van der Waals surface area contributed by atoms with Crippen LogP contribution >= 0.6 is 0 Å². The molecule has 3 rings (SSSR count). The van der Waals surface area contributed by atoms with Gasteiger partial charge in [-0.2, -0.15) is 10.4 Å². The Labute approximate surface area is 193 Å². The molecule has 1 fully saturated rings. The molecule has 2 aromatic rings. The average molecular weight is 462 g/mol. The molecule has 0 unspecified atom stereocenters. The van der Waals surface area contributed by atoms with Crippen molar-refractivity contribution in [3.8, 4) is 6.07 Å². The first-order valence-corrected chi connectivity index (χ1v) is 10.2. The maximum Gasteiger partial charge on any atom is 0.306 e. The van der Waals surface area contributed by atoms with Crippen molar-refractivity contribution in [2.45, 2.75) is 63.9 Å². The van der Waals surface area contributed by atoms with Crippen LogP contribution < -0.4 is 5.73 Å². The number of rotatable bonds is 8. The summed E-state index contributed by atoms with van der Waals surface area (Å²) in [6.45, 7) is 1.49. The molecule has 3 heterocycles. The maximum atomic E-state index is 12.4. The van der Waals surface area contributed by atoms with Crippen molar-refractivity contribution in [2.24, 2.45) is 0 Å². The SMILES string of the molecule is [2H]c1cc([C@]2(C#N)O[C@H](C([2H])([2H])OC(=O)CC)[C@@H](OC(=O)CC)[C@H]2OC(=O)CC)n2ncnc(N)c12. The number of anilines is 1.